The number of ether oxygens (including phenoxy) is 1. The molecular weight excluding hydrogens is 226 g/mol. The van der Waals surface area contributed by atoms with Crippen LogP contribution in [0.2, 0.25) is 5.02 Å². The van der Waals surface area contributed by atoms with Gasteiger partial charge in [-0.05, 0) is 18.6 Å². The Labute approximate surface area is 101 Å². The highest BCUT2D eigenvalue weighted by Gasteiger charge is 2.16. The van der Waals surface area contributed by atoms with Crippen molar-refractivity contribution < 1.29 is 9.53 Å². The van der Waals surface area contributed by atoms with Crippen molar-refractivity contribution in [1.82, 2.24) is 0 Å². The Morgan fingerprint density at radius 2 is 2.12 bits per heavy atom. The molecule has 0 unspecified atom stereocenters. The number of rotatable bonds is 5. The number of benzene rings is 1. The van der Waals surface area contributed by atoms with Crippen LogP contribution in [0.1, 0.15) is 19.8 Å². The normalized spacial score (nSPS) is 10.2. The minimum atomic E-state index is 0.0254. The van der Waals surface area contributed by atoms with Crippen LogP contribution in [0.3, 0.4) is 0 Å². The lowest BCUT2D eigenvalue weighted by Crippen LogP contribution is -2.32. The van der Waals surface area contributed by atoms with Crippen molar-refractivity contribution in [3.63, 3.8) is 0 Å². The van der Waals surface area contributed by atoms with Crippen molar-refractivity contribution >= 4 is 23.2 Å². The Morgan fingerprint density at radius 1 is 1.44 bits per heavy atom. The smallest absolute Gasteiger partial charge is 0.228 e. The molecule has 0 radical (unpaired) electrons. The number of carbonyl (C=O) groups excluding carboxylic acids is 1. The molecule has 1 rings (SSSR count). The van der Waals surface area contributed by atoms with E-state index in [-0.39, 0.29) is 12.6 Å². The number of amides is 1. The molecule has 0 spiro atoms. The second-order valence-electron chi connectivity index (χ2n) is 3.44. The fourth-order valence-corrected chi connectivity index (χ4v) is 1.66. The predicted molar refractivity (Wildman–Crippen MR) is 65.7 cm³/mol. The number of para-hydroxylation sites is 1. The van der Waals surface area contributed by atoms with Crippen molar-refractivity contribution in [3.05, 3.63) is 29.3 Å². The molecule has 3 nitrogen and oxygen atoms in total. The number of halogens is 1. The van der Waals surface area contributed by atoms with E-state index in [9.17, 15) is 4.79 Å². The molecule has 0 atom stereocenters. The first-order chi connectivity index (χ1) is 7.70. The first-order valence-electron chi connectivity index (χ1n) is 5.24. The van der Waals surface area contributed by atoms with Crippen LogP contribution in [0, 0.1) is 0 Å². The molecule has 0 aromatic heterocycles. The van der Waals surface area contributed by atoms with Crippen LogP contribution in [0.4, 0.5) is 5.69 Å². The molecular formula is C12H16ClNO2. The summed E-state index contributed by atoms with van der Waals surface area (Å²) in [6.45, 7) is 2.19. The minimum Gasteiger partial charge on any atom is -0.364 e. The molecule has 16 heavy (non-hydrogen) atoms. The summed E-state index contributed by atoms with van der Waals surface area (Å²) < 4.78 is 5.03. The van der Waals surface area contributed by atoms with Gasteiger partial charge in [0.2, 0.25) is 5.91 Å². The van der Waals surface area contributed by atoms with E-state index in [4.69, 9.17) is 16.3 Å². The maximum absolute atomic E-state index is 11.9. The van der Waals surface area contributed by atoms with Gasteiger partial charge in [-0.2, -0.15) is 0 Å². The van der Waals surface area contributed by atoms with E-state index in [0.717, 1.165) is 6.42 Å². The van der Waals surface area contributed by atoms with Crippen molar-refractivity contribution in [2.45, 2.75) is 19.8 Å². The van der Waals surface area contributed by atoms with Crippen LogP contribution in [0.5, 0.6) is 0 Å². The van der Waals surface area contributed by atoms with Gasteiger partial charge in [-0.3, -0.25) is 9.69 Å². The molecule has 0 bridgehead atoms. The summed E-state index contributed by atoms with van der Waals surface area (Å²) in [7, 11) is 1.56. The topological polar surface area (TPSA) is 29.5 Å². The standard InChI is InChI=1S/C12H16ClNO2/c1-3-6-12(15)14(9-16-2)11-8-5-4-7-10(11)13/h4-5,7-8H,3,6,9H2,1-2H3. The van der Waals surface area contributed by atoms with Crippen LogP contribution < -0.4 is 4.90 Å². The van der Waals surface area contributed by atoms with Crippen LogP contribution >= 0.6 is 11.6 Å². The molecule has 0 aliphatic carbocycles. The maximum Gasteiger partial charge on any atom is 0.228 e. The van der Waals surface area contributed by atoms with Crippen molar-refractivity contribution in [1.29, 1.82) is 0 Å². The minimum absolute atomic E-state index is 0.0254. The summed E-state index contributed by atoms with van der Waals surface area (Å²) in [4.78, 5) is 13.4. The van der Waals surface area contributed by atoms with Gasteiger partial charge in [0.1, 0.15) is 6.73 Å². The zero-order chi connectivity index (χ0) is 12.0. The number of nitrogens with zero attached hydrogens (tertiary/aromatic N) is 1. The fraction of sp³-hybridized carbons (Fsp3) is 0.417. The highest BCUT2D eigenvalue weighted by Crippen LogP contribution is 2.25. The van der Waals surface area contributed by atoms with Crippen LogP contribution in [-0.4, -0.2) is 19.7 Å². The van der Waals surface area contributed by atoms with E-state index in [2.05, 4.69) is 0 Å². The third-order valence-electron chi connectivity index (χ3n) is 2.17. The summed E-state index contributed by atoms with van der Waals surface area (Å²) in [6.07, 6.45) is 1.30. The number of carbonyl (C=O) groups is 1. The number of hydrogen-bond acceptors (Lipinski definition) is 2. The second kappa shape index (κ2) is 6.51. The molecule has 1 amide bonds. The Balaban J connectivity index is 2.93. The summed E-state index contributed by atoms with van der Waals surface area (Å²) >= 11 is 6.05. The SMILES string of the molecule is CCCC(=O)N(COC)c1ccccc1Cl. The predicted octanol–water partition coefficient (Wildman–Crippen LogP) is 3.08. The van der Waals surface area contributed by atoms with Gasteiger partial charge in [0, 0.05) is 13.5 Å². The number of anilines is 1. The van der Waals surface area contributed by atoms with Crippen molar-refractivity contribution in [2.24, 2.45) is 0 Å². The Hall–Kier alpha value is -1.06. The zero-order valence-corrected chi connectivity index (χ0v) is 10.3. The molecule has 0 aliphatic rings. The van der Waals surface area contributed by atoms with E-state index in [1.165, 1.54) is 0 Å². The van der Waals surface area contributed by atoms with Crippen LogP contribution in [0.25, 0.3) is 0 Å². The van der Waals surface area contributed by atoms with Crippen molar-refractivity contribution in [3.8, 4) is 0 Å². The lowest BCUT2D eigenvalue weighted by molar-refractivity contribution is -0.119. The molecule has 1 aromatic rings. The molecule has 0 saturated heterocycles. The van der Waals surface area contributed by atoms with Gasteiger partial charge in [0.05, 0.1) is 10.7 Å². The number of methoxy groups -OCH3 is 1. The van der Waals surface area contributed by atoms with Gasteiger partial charge >= 0.3 is 0 Å². The number of hydrogen-bond donors (Lipinski definition) is 0. The molecule has 0 N–H and O–H groups in total. The third kappa shape index (κ3) is 3.22. The molecule has 0 saturated carbocycles. The van der Waals surface area contributed by atoms with E-state index >= 15 is 0 Å². The van der Waals surface area contributed by atoms with Crippen LogP contribution in [-0.2, 0) is 9.53 Å². The van der Waals surface area contributed by atoms with Gasteiger partial charge < -0.3 is 4.74 Å². The van der Waals surface area contributed by atoms with Gasteiger partial charge in [-0.25, -0.2) is 0 Å². The van der Waals surface area contributed by atoms with E-state index in [1.54, 1.807) is 18.1 Å². The fourth-order valence-electron chi connectivity index (χ4n) is 1.42. The summed E-state index contributed by atoms with van der Waals surface area (Å²) in [5.41, 5.74) is 0.699. The van der Waals surface area contributed by atoms with Gasteiger partial charge in [0.25, 0.3) is 0 Å². The largest absolute Gasteiger partial charge is 0.364 e. The second-order valence-corrected chi connectivity index (χ2v) is 3.85. The average Bonchev–Trinajstić information content (AvgIpc) is 2.27. The highest BCUT2D eigenvalue weighted by molar-refractivity contribution is 6.33. The van der Waals surface area contributed by atoms with E-state index in [0.29, 0.717) is 17.1 Å². The quantitative estimate of drug-likeness (QED) is 0.742. The highest BCUT2D eigenvalue weighted by atomic mass is 35.5. The first kappa shape index (κ1) is 13.0. The average molecular weight is 242 g/mol. The van der Waals surface area contributed by atoms with Gasteiger partial charge in [-0.15, -0.1) is 0 Å². The summed E-state index contributed by atoms with van der Waals surface area (Å²) in [5.74, 6) is 0.0254. The third-order valence-corrected chi connectivity index (χ3v) is 2.49. The Kier molecular flexibility index (Phi) is 5.29. The Morgan fingerprint density at radius 3 is 2.69 bits per heavy atom. The lowest BCUT2D eigenvalue weighted by Gasteiger charge is -2.22. The van der Waals surface area contributed by atoms with Crippen LogP contribution in [0.15, 0.2) is 24.3 Å². The maximum atomic E-state index is 11.9. The molecule has 0 fully saturated rings. The van der Waals surface area contributed by atoms with E-state index in [1.807, 2.05) is 25.1 Å². The van der Waals surface area contributed by atoms with Crippen molar-refractivity contribution in [2.75, 3.05) is 18.7 Å². The van der Waals surface area contributed by atoms with E-state index < -0.39 is 0 Å². The molecule has 4 heteroatoms. The summed E-state index contributed by atoms with van der Waals surface area (Å²) in [5, 5.41) is 0.559. The monoisotopic (exact) mass is 241 g/mol. The van der Waals surface area contributed by atoms with Gasteiger partial charge in [0.15, 0.2) is 0 Å². The molecule has 0 heterocycles. The zero-order valence-electron chi connectivity index (χ0n) is 9.57. The Bertz CT molecular complexity index is 355. The van der Waals surface area contributed by atoms with Gasteiger partial charge in [-0.1, -0.05) is 30.7 Å². The molecule has 0 aliphatic heterocycles. The summed E-state index contributed by atoms with van der Waals surface area (Å²) in [6, 6.07) is 7.26. The molecule has 88 valence electrons. The first-order valence-corrected chi connectivity index (χ1v) is 5.62. The molecule has 1 aromatic carbocycles. The lowest BCUT2D eigenvalue weighted by atomic mass is 10.2.